The number of rotatable bonds is 0. The zero-order chi connectivity index (χ0) is 13.1. The number of hydrogen-bond donors (Lipinski definition) is 1. The Bertz CT molecular complexity index is 367. The number of aliphatic hydroxyl groups excluding tert-OH is 1. The molecule has 18 heavy (non-hydrogen) atoms. The molecule has 2 unspecified atom stereocenters. The smallest absolute Gasteiger partial charge is 0.309 e. The predicted octanol–water partition coefficient (Wildman–Crippen LogP) is 2.37. The molecule has 3 heteroatoms. The summed E-state index contributed by atoms with van der Waals surface area (Å²) >= 11 is 0. The highest BCUT2D eigenvalue weighted by molar-refractivity contribution is 5.75. The van der Waals surface area contributed by atoms with E-state index in [0.29, 0.717) is 17.8 Å². The maximum Gasteiger partial charge on any atom is 0.309 e. The summed E-state index contributed by atoms with van der Waals surface area (Å²) in [5.41, 5.74) is -0.0524. The fourth-order valence-corrected chi connectivity index (χ4v) is 4.85. The molecule has 2 aliphatic carbocycles. The SMILES string of the molecule is CC1CC[C@@H](O)[C@]2(C)CC[C@H]3[C@H](C)C(=O)O[C@@H]3C12. The van der Waals surface area contributed by atoms with Crippen LogP contribution in [0.25, 0.3) is 0 Å². The van der Waals surface area contributed by atoms with E-state index in [9.17, 15) is 9.90 Å². The summed E-state index contributed by atoms with van der Waals surface area (Å²) in [7, 11) is 0. The van der Waals surface area contributed by atoms with E-state index >= 15 is 0 Å². The number of esters is 1. The fraction of sp³-hybridized carbons (Fsp3) is 0.933. The molecule has 1 heterocycles. The molecule has 3 nitrogen and oxygen atoms in total. The molecule has 7 atom stereocenters. The van der Waals surface area contributed by atoms with E-state index in [0.717, 1.165) is 25.7 Å². The number of carbonyl (C=O) groups is 1. The first-order valence-electron chi connectivity index (χ1n) is 7.33. The molecule has 3 rings (SSSR count). The second-order valence-electron chi connectivity index (χ2n) is 6.99. The second kappa shape index (κ2) is 3.96. The molecule has 0 aromatic carbocycles. The molecule has 0 amide bonds. The first-order valence-corrected chi connectivity index (χ1v) is 7.33. The van der Waals surface area contributed by atoms with E-state index in [2.05, 4.69) is 13.8 Å². The third-order valence-corrected chi connectivity index (χ3v) is 6.09. The van der Waals surface area contributed by atoms with Crippen LogP contribution in [-0.2, 0) is 9.53 Å². The van der Waals surface area contributed by atoms with Crippen molar-refractivity contribution in [3.63, 3.8) is 0 Å². The molecule has 2 saturated carbocycles. The Kier molecular flexibility index (Phi) is 2.74. The van der Waals surface area contributed by atoms with Gasteiger partial charge >= 0.3 is 5.97 Å². The third-order valence-electron chi connectivity index (χ3n) is 6.09. The van der Waals surface area contributed by atoms with Crippen LogP contribution in [0.1, 0.15) is 46.5 Å². The Labute approximate surface area is 109 Å². The lowest BCUT2D eigenvalue weighted by Gasteiger charge is -2.54. The van der Waals surface area contributed by atoms with Gasteiger partial charge in [0.1, 0.15) is 6.10 Å². The van der Waals surface area contributed by atoms with Crippen LogP contribution in [0.3, 0.4) is 0 Å². The van der Waals surface area contributed by atoms with Gasteiger partial charge in [-0.05, 0) is 31.6 Å². The number of aliphatic hydroxyl groups is 1. The van der Waals surface area contributed by atoms with Gasteiger partial charge < -0.3 is 9.84 Å². The standard InChI is InChI=1S/C15H24O3/c1-8-4-5-11(16)15(3)7-6-10-9(2)14(17)18-13(10)12(8)15/h8-13,16H,4-7H2,1-3H3/t8?,9-,10-,11+,12?,13-,15-/m0/s1. The highest BCUT2D eigenvalue weighted by Crippen LogP contribution is 2.57. The Morgan fingerprint density at radius 1 is 1.28 bits per heavy atom. The highest BCUT2D eigenvalue weighted by Gasteiger charge is 2.59. The molecular weight excluding hydrogens is 228 g/mol. The molecule has 0 aromatic rings. The van der Waals surface area contributed by atoms with Crippen molar-refractivity contribution in [2.45, 2.75) is 58.7 Å². The van der Waals surface area contributed by atoms with Crippen LogP contribution in [-0.4, -0.2) is 23.3 Å². The van der Waals surface area contributed by atoms with Crippen LogP contribution >= 0.6 is 0 Å². The minimum atomic E-state index is -0.228. The van der Waals surface area contributed by atoms with Crippen LogP contribution in [0.2, 0.25) is 0 Å². The molecule has 102 valence electrons. The number of fused-ring (bicyclic) bond motifs is 3. The van der Waals surface area contributed by atoms with Crippen molar-refractivity contribution in [1.29, 1.82) is 0 Å². The summed E-state index contributed by atoms with van der Waals surface area (Å²) in [4.78, 5) is 11.8. The summed E-state index contributed by atoms with van der Waals surface area (Å²) in [5.74, 6) is 1.29. The Hall–Kier alpha value is -0.570. The van der Waals surface area contributed by atoms with Gasteiger partial charge in [0, 0.05) is 17.3 Å². The van der Waals surface area contributed by atoms with Crippen molar-refractivity contribution < 1.29 is 14.6 Å². The summed E-state index contributed by atoms with van der Waals surface area (Å²) in [6, 6.07) is 0. The lowest BCUT2D eigenvalue weighted by Crippen LogP contribution is -2.55. The van der Waals surface area contributed by atoms with E-state index in [1.807, 2.05) is 6.92 Å². The summed E-state index contributed by atoms with van der Waals surface area (Å²) < 4.78 is 5.68. The molecule has 1 saturated heterocycles. The summed E-state index contributed by atoms with van der Waals surface area (Å²) in [6.45, 7) is 6.46. The summed E-state index contributed by atoms with van der Waals surface area (Å²) in [5, 5.41) is 10.4. The maximum atomic E-state index is 11.8. The van der Waals surface area contributed by atoms with Crippen molar-refractivity contribution in [3.8, 4) is 0 Å². The van der Waals surface area contributed by atoms with E-state index < -0.39 is 0 Å². The van der Waals surface area contributed by atoms with Gasteiger partial charge in [0.05, 0.1) is 12.0 Å². The molecule has 0 spiro atoms. The average molecular weight is 252 g/mol. The van der Waals surface area contributed by atoms with E-state index in [-0.39, 0.29) is 29.5 Å². The predicted molar refractivity (Wildman–Crippen MR) is 67.8 cm³/mol. The molecule has 0 radical (unpaired) electrons. The minimum Gasteiger partial charge on any atom is -0.462 e. The largest absolute Gasteiger partial charge is 0.462 e. The molecule has 3 aliphatic rings. The van der Waals surface area contributed by atoms with Gasteiger partial charge in [-0.15, -0.1) is 0 Å². The average Bonchev–Trinajstić information content (AvgIpc) is 2.60. The van der Waals surface area contributed by atoms with Gasteiger partial charge in [-0.25, -0.2) is 0 Å². The zero-order valence-electron chi connectivity index (χ0n) is 11.6. The zero-order valence-corrected chi connectivity index (χ0v) is 11.6. The van der Waals surface area contributed by atoms with Crippen LogP contribution in [0, 0.1) is 29.1 Å². The first-order chi connectivity index (χ1) is 8.45. The molecular formula is C15H24O3. The van der Waals surface area contributed by atoms with Crippen molar-refractivity contribution >= 4 is 5.97 Å². The summed E-state index contributed by atoms with van der Waals surface area (Å²) in [6.07, 6.45) is 3.83. The van der Waals surface area contributed by atoms with Crippen molar-refractivity contribution in [2.24, 2.45) is 29.1 Å². The van der Waals surface area contributed by atoms with Crippen LogP contribution in [0.4, 0.5) is 0 Å². The second-order valence-corrected chi connectivity index (χ2v) is 6.99. The Morgan fingerprint density at radius 2 is 2.00 bits per heavy atom. The van der Waals surface area contributed by atoms with Crippen LogP contribution in [0.5, 0.6) is 0 Å². The van der Waals surface area contributed by atoms with Gasteiger partial charge in [-0.1, -0.05) is 20.8 Å². The molecule has 0 aromatic heterocycles. The van der Waals surface area contributed by atoms with Crippen LogP contribution in [0.15, 0.2) is 0 Å². The van der Waals surface area contributed by atoms with Crippen molar-refractivity contribution in [3.05, 3.63) is 0 Å². The first kappa shape index (κ1) is 12.5. The monoisotopic (exact) mass is 252 g/mol. The van der Waals surface area contributed by atoms with Gasteiger partial charge in [0.15, 0.2) is 0 Å². The van der Waals surface area contributed by atoms with Gasteiger partial charge in [0.2, 0.25) is 0 Å². The number of ether oxygens (including phenoxy) is 1. The molecule has 1 aliphatic heterocycles. The number of hydrogen-bond acceptors (Lipinski definition) is 3. The topological polar surface area (TPSA) is 46.5 Å². The normalized spacial score (nSPS) is 55.7. The quantitative estimate of drug-likeness (QED) is 0.673. The van der Waals surface area contributed by atoms with E-state index in [1.165, 1.54) is 0 Å². The van der Waals surface area contributed by atoms with E-state index in [1.54, 1.807) is 0 Å². The molecule has 1 N–H and O–H groups in total. The Balaban J connectivity index is 1.95. The van der Waals surface area contributed by atoms with Crippen molar-refractivity contribution in [1.82, 2.24) is 0 Å². The van der Waals surface area contributed by atoms with Gasteiger partial charge in [-0.3, -0.25) is 4.79 Å². The van der Waals surface area contributed by atoms with Crippen molar-refractivity contribution in [2.75, 3.05) is 0 Å². The third kappa shape index (κ3) is 1.49. The lowest BCUT2D eigenvalue weighted by atomic mass is 9.52. The Morgan fingerprint density at radius 3 is 2.72 bits per heavy atom. The fourth-order valence-electron chi connectivity index (χ4n) is 4.85. The molecule has 0 bridgehead atoms. The van der Waals surface area contributed by atoms with Gasteiger partial charge in [0.25, 0.3) is 0 Å². The maximum absolute atomic E-state index is 11.8. The van der Waals surface area contributed by atoms with Crippen LogP contribution < -0.4 is 0 Å². The highest BCUT2D eigenvalue weighted by atomic mass is 16.6. The molecule has 3 fully saturated rings. The number of carbonyl (C=O) groups excluding carboxylic acids is 1. The van der Waals surface area contributed by atoms with Gasteiger partial charge in [-0.2, -0.15) is 0 Å². The van der Waals surface area contributed by atoms with E-state index in [4.69, 9.17) is 4.74 Å². The minimum absolute atomic E-state index is 0.0264. The lowest BCUT2D eigenvalue weighted by molar-refractivity contribution is -0.166.